The summed E-state index contributed by atoms with van der Waals surface area (Å²) in [5.41, 5.74) is 2.08. The Morgan fingerprint density at radius 1 is 1.06 bits per heavy atom. The van der Waals surface area contributed by atoms with E-state index in [0.29, 0.717) is 16.7 Å². The van der Waals surface area contributed by atoms with Gasteiger partial charge in [-0.15, -0.1) is 0 Å². The van der Waals surface area contributed by atoms with E-state index in [-0.39, 0.29) is 31.0 Å². The second-order valence-electron chi connectivity index (χ2n) is 9.18. The lowest BCUT2D eigenvalue weighted by Gasteiger charge is -2.31. The molecule has 0 heterocycles. The molecule has 5 nitrogen and oxygen atoms in total. The van der Waals surface area contributed by atoms with Crippen molar-refractivity contribution in [1.29, 1.82) is 0 Å². The summed E-state index contributed by atoms with van der Waals surface area (Å²) in [6, 6.07) is 14.7. The van der Waals surface area contributed by atoms with Gasteiger partial charge in [0, 0.05) is 17.6 Å². The quantitative estimate of drug-likeness (QED) is 0.510. The smallest absolute Gasteiger partial charge is 0.261 e. The average Bonchev–Trinajstić information content (AvgIpc) is 2.81. The molecule has 2 aromatic carbocycles. The lowest BCUT2D eigenvalue weighted by atomic mass is 9.95. The van der Waals surface area contributed by atoms with E-state index in [1.807, 2.05) is 42.5 Å². The number of hydrogen-bond acceptors (Lipinski definition) is 3. The summed E-state index contributed by atoms with van der Waals surface area (Å²) in [5.74, 6) is 0.694. The second kappa shape index (κ2) is 12.1. The first-order chi connectivity index (χ1) is 15.8. The van der Waals surface area contributed by atoms with E-state index in [1.165, 1.54) is 12.0 Å². The summed E-state index contributed by atoms with van der Waals surface area (Å²) in [6.45, 7) is 6.19. The molecule has 2 amide bonds. The molecule has 0 spiro atoms. The number of nitrogens with zero attached hydrogens (tertiary/aromatic N) is 1. The number of rotatable bonds is 9. The fourth-order valence-electron chi connectivity index (χ4n) is 4.16. The van der Waals surface area contributed by atoms with Crippen LogP contribution in [0.15, 0.2) is 48.5 Å². The Bertz CT molecular complexity index is 923. The zero-order valence-corrected chi connectivity index (χ0v) is 20.6. The molecule has 0 bridgehead atoms. The normalized spacial score (nSPS) is 15.2. The predicted molar refractivity (Wildman–Crippen MR) is 133 cm³/mol. The van der Waals surface area contributed by atoms with Crippen LogP contribution in [0.5, 0.6) is 5.75 Å². The van der Waals surface area contributed by atoms with E-state index < -0.39 is 6.04 Å². The van der Waals surface area contributed by atoms with Crippen LogP contribution in [0.3, 0.4) is 0 Å². The molecule has 33 heavy (non-hydrogen) atoms. The number of carbonyl (C=O) groups excluding carboxylic acids is 2. The summed E-state index contributed by atoms with van der Waals surface area (Å²) in [5, 5.41) is 3.74. The molecule has 1 unspecified atom stereocenters. The fourth-order valence-corrected chi connectivity index (χ4v) is 4.37. The molecule has 2 aromatic rings. The lowest BCUT2D eigenvalue weighted by Crippen LogP contribution is -2.51. The minimum Gasteiger partial charge on any atom is -0.484 e. The summed E-state index contributed by atoms with van der Waals surface area (Å²) >= 11 is 6.15. The Hall–Kier alpha value is -2.53. The van der Waals surface area contributed by atoms with E-state index >= 15 is 0 Å². The van der Waals surface area contributed by atoms with Crippen LogP contribution >= 0.6 is 11.6 Å². The number of hydrogen-bond donors (Lipinski definition) is 1. The van der Waals surface area contributed by atoms with E-state index in [1.54, 1.807) is 17.9 Å². The zero-order valence-electron chi connectivity index (χ0n) is 19.9. The second-order valence-corrected chi connectivity index (χ2v) is 9.62. The van der Waals surface area contributed by atoms with Crippen molar-refractivity contribution in [2.24, 2.45) is 0 Å². The maximum absolute atomic E-state index is 13.2. The molecule has 0 aliphatic heterocycles. The number of ether oxygens (including phenoxy) is 1. The van der Waals surface area contributed by atoms with Gasteiger partial charge in [-0.05, 0) is 61.1 Å². The zero-order chi connectivity index (χ0) is 23.8. The summed E-state index contributed by atoms with van der Waals surface area (Å²) < 4.78 is 5.78. The number of carbonyl (C=O) groups is 2. The summed E-state index contributed by atoms with van der Waals surface area (Å²) in [4.78, 5) is 27.8. The van der Waals surface area contributed by atoms with Crippen molar-refractivity contribution >= 4 is 23.4 Å². The van der Waals surface area contributed by atoms with Crippen LogP contribution in [-0.2, 0) is 16.1 Å². The van der Waals surface area contributed by atoms with Crippen LogP contribution in [-0.4, -0.2) is 35.4 Å². The predicted octanol–water partition coefficient (Wildman–Crippen LogP) is 5.71. The minimum atomic E-state index is -0.620. The van der Waals surface area contributed by atoms with Gasteiger partial charge in [-0.25, -0.2) is 0 Å². The van der Waals surface area contributed by atoms with Crippen molar-refractivity contribution in [3.8, 4) is 5.75 Å². The highest BCUT2D eigenvalue weighted by atomic mass is 35.5. The highest BCUT2D eigenvalue weighted by molar-refractivity contribution is 6.30. The topological polar surface area (TPSA) is 58.6 Å². The number of benzene rings is 2. The van der Waals surface area contributed by atoms with Crippen LogP contribution in [0.25, 0.3) is 0 Å². The Kier molecular flexibility index (Phi) is 9.19. The van der Waals surface area contributed by atoms with Crippen LogP contribution in [0, 0.1) is 0 Å². The SMILES string of the molecule is CC(C)c1ccc(OCC(=O)N(Cc2cccc(Cl)c2)C(C)C(=O)NC2CCCCC2)cc1. The molecule has 1 aliphatic carbocycles. The highest BCUT2D eigenvalue weighted by Crippen LogP contribution is 2.20. The lowest BCUT2D eigenvalue weighted by molar-refractivity contribution is -0.142. The molecule has 1 N–H and O–H groups in total. The molecule has 3 rings (SSSR count). The van der Waals surface area contributed by atoms with Crippen molar-refractivity contribution in [2.75, 3.05) is 6.61 Å². The fraction of sp³-hybridized carbons (Fsp3) is 0.481. The third-order valence-corrected chi connectivity index (χ3v) is 6.50. The van der Waals surface area contributed by atoms with Gasteiger partial charge in [0.2, 0.25) is 5.91 Å². The molecular formula is C27H35ClN2O3. The van der Waals surface area contributed by atoms with Gasteiger partial charge in [0.05, 0.1) is 0 Å². The maximum Gasteiger partial charge on any atom is 0.261 e. The molecule has 0 saturated heterocycles. The Morgan fingerprint density at radius 3 is 2.39 bits per heavy atom. The van der Waals surface area contributed by atoms with Gasteiger partial charge in [0.15, 0.2) is 6.61 Å². The van der Waals surface area contributed by atoms with Crippen LogP contribution in [0.2, 0.25) is 5.02 Å². The first kappa shape index (κ1) is 25.1. The molecule has 1 saturated carbocycles. The molecule has 0 radical (unpaired) electrons. The van der Waals surface area contributed by atoms with Gasteiger partial charge < -0.3 is 15.0 Å². The van der Waals surface area contributed by atoms with Crippen molar-refractivity contribution < 1.29 is 14.3 Å². The van der Waals surface area contributed by atoms with Gasteiger partial charge in [-0.3, -0.25) is 9.59 Å². The maximum atomic E-state index is 13.2. The van der Waals surface area contributed by atoms with Gasteiger partial charge >= 0.3 is 0 Å². The molecule has 0 aromatic heterocycles. The first-order valence-electron chi connectivity index (χ1n) is 11.9. The molecule has 1 atom stereocenters. The van der Waals surface area contributed by atoms with E-state index in [2.05, 4.69) is 19.2 Å². The minimum absolute atomic E-state index is 0.126. The monoisotopic (exact) mass is 470 g/mol. The third kappa shape index (κ3) is 7.50. The number of halogens is 1. The highest BCUT2D eigenvalue weighted by Gasteiger charge is 2.28. The molecule has 1 aliphatic rings. The standard InChI is InChI=1S/C27H35ClN2O3/c1-19(2)22-12-14-25(15-13-22)33-18-26(31)30(17-21-8-7-9-23(28)16-21)20(3)27(32)29-24-10-5-4-6-11-24/h7-9,12-16,19-20,24H,4-6,10-11,17-18H2,1-3H3,(H,29,32). The van der Waals surface area contributed by atoms with Gasteiger partial charge in [0.25, 0.3) is 5.91 Å². The molecule has 6 heteroatoms. The molecular weight excluding hydrogens is 436 g/mol. The van der Waals surface area contributed by atoms with E-state index in [9.17, 15) is 9.59 Å². The molecule has 1 fully saturated rings. The van der Waals surface area contributed by atoms with Crippen LogP contribution < -0.4 is 10.1 Å². The average molecular weight is 471 g/mol. The van der Waals surface area contributed by atoms with Crippen molar-refractivity contribution in [1.82, 2.24) is 10.2 Å². The molecule has 178 valence electrons. The first-order valence-corrected chi connectivity index (χ1v) is 12.3. The number of amides is 2. The van der Waals surface area contributed by atoms with Crippen LogP contribution in [0.1, 0.15) is 69.9 Å². The van der Waals surface area contributed by atoms with Crippen molar-refractivity contribution in [3.63, 3.8) is 0 Å². The van der Waals surface area contributed by atoms with E-state index in [4.69, 9.17) is 16.3 Å². The van der Waals surface area contributed by atoms with E-state index in [0.717, 1.165) is 31.2 Å². The van der Waals surface area contributed by atoms with Gasteiger partial charge in [0.1, 0.15) is 11.8 Å². The Labute approximate surface area is 202 Å². The van der Waals surface area contributed by atoms with Gasteiger partial charge in [-0.2, -0.15) is 0 Å². The Balaban J connectivity index is 1.69. The van der Waals surface area contributed by atoms with Crippen LogP contribution in [0.4, 0.5) is 0 Å². The van der Waals surface area contributed by atoms with Crippen molar-refractivity contribution in [3.05, 3.63) is 64.7 Å². The largest absolute Gasteiger partial charge is 0.484 e. The Morgan fingerprint density at radius 2 is 1.76 bits per heavy atom. The van der Waals surface area contributed by atoms with Gasteiger partial charge in [-0.1, -0.05) is 69.0 Å². The van der Waals surface area contributed by atoms with Crippen molar-refractivity contribution in [2.45, 2.75) is 77.4 Å². The third-order valence-electron chi connectivity index (χ3n) is 6.27. The summed E-state index contributed by atoms with van der Waals surface area (Å²) in [6.07, 6.45) is 5.48. The summed E-state index contributed by atoms with van der Waals surface area (Å²) in [7, 11) is 0. The number of nitrogens with one attached hydrogen (secondary N) is 1.